The molecule has 1 aromatic carbocycles. The smallest absolute Gasteiger partial charge is 0.243 e. The molecule has 2 atom stereocenters. The van der Waals surface area contributed by atoms with E-state index in [1.54, 1.807) is 17.0 Å². The summed E-state index contributed by atoms with van der Waals surface area (Å²) in [4.78, 5) is 14.9. The summed E-state index contributed by atoms with van der Waals surface area (Å²) in [5.74, 6) is 0.994. The average molecular weight is 423 g/mol. The molecule has 2 aliphatic heterocycles. The van der Waals surface area contributed by atoms with Crippen LogP contribution in [0, 0.1) is 5.92 Å². The van der Waals surface area contributed by atoms with Crippen LogP contribution < -0.4 is 10.9 Å². The van der Waals surface area contributed by atoms with Gasteiger partial charge in [0.15, 0.2) is 0 Å². The van der Waals surface area contributed by atoms with Crippen molar-refractivity contribution in [2.45, 2.75) is 63.4 Å². The van der Waals surface area contributed by atoms with Gasteiger partial charge in [-0.1, -0.05) is 39.8 Å². The third-order valence-electron chi connectivity index (χ3n) is 5.77. The molecule has 29 heavy (non-hydrogen) atoms. The van der Waals surface area contributed by atoms with Gasteiger partial charge in [-0.15, -0.1) is 0 Å². The van der Waals surface area contributed by atoms with E-state index in [1.807, 2.05) is 12.1 Å². The average Bonchev–Trinajstić information content (AvgIpc) is 3.15. The lowest BCUT2D eigenvalue weighted by molar-refractivity contribution is -0.134. The molecule has 0 aliphatic carbocycles. The predicted octanol–water partition coefficient (Wildman–Crippen LogP) is 1.92. The molecule has 7 nitrogen and oxygen atoms in total. The molecule has 8 heteroatoms. The van der Waals surface area contributed by atoms with Crippen molar-refractivity contribution in [2.75, 3.05) is 26.2 Å². The minimum absolute atomic E-state index is 0.0575. The van der Waals surface area contributed by atoms with Gasteiger partial charge in [0.05, 0.1) is 4.90 Å². The molecule has 2 saturated heterocycles. The van der Waals surface area contributed by atoms with Gasteiger partial charge in [0.2, 0.25) is 15.9 Å². The van der Waals surface area contributed by atoms with Crippen molar-refractivity contribution in [3.8, 4) is 0 Å². The van der Waals surface area contributed by atoms with Crippen molar-refractivity contribution in [2.24, 2.45) is 5.92 Å². The lowest BCUT2D eigenvalue weighted by Crippen LogP contribution is -2.54. The van der Waals surface area contributed by atoms with Crippen molar-refractivity contribution >= 4 is 15.9 Å². The Morgan fingerprint density at radius 3 is 2.21 bits per heavy atom. The van der Waals surface area contributed by atoms with Gasteiger partial charge in [-0.05, 0) is 42.4 Å². The van der Waals surface area contributed by atoms with Crippen LogP contribution in [0.25, 0.3) is 0 Å². The lowest BCUT2D eigenvalue weighted by atomic mass is 9.99. The van der Waals surface area contributed by atoms with E-state index in [2.05, 4.69) is 38.5 Å². The second kappa shape index (κ2) is 9.12. The molecule has 2 unspecified atom stereocenters. The highest BCUT2D eigenvalue weighted by atomic mass is 32.2. The number of nitrogens with one attached hydrogen (secondary N) is 2. The zero-order valence-electron chi connectivity index (χ0n) is 17.9. The Balaban J connectivity index is 1.56. The quantitative estimate of drug-likeness (QED) is 0.732. The van der Waals surface area contributed by atoms with Crippen LogP contribution in [-0.2, 0) is 14.8 Å². The van der Waals surface area contributed by atoms with Gasteiger partial charge in [-0.2, -0.15) is 4.31 Å². The number of nitrogens with zero attached hydrogens (tertiary/aromatic N) is 2. The molecule has 2 fully saturated rings. The van der Waals surface area contributed by atoms with E-state index in [0.717, 1.165) is 18.4 Å². The Kier molecular flexibility index (Phi) is 6.98. The maximum atomic E-state index is 12.9. The second-order valence-electron chi connectivity index (χ2n) is 8.86. The molecule has 2 N–H and O–H groups in total. The third kappa shape index (κ3) is 5.17. The van der Waals surface area contributed by atoms with Gasteiger partial charge >= 0.3 is 0 Å². The Morgan fingerprint density at radius 1 is 1.03 bits per heavy atom. The zero-order chi connectivity index (χ0) is 21.2. The number of hydrogen-bond acceptors (Lipinski definition) is 5. The first-order chi connectivity index (χ1) is 13.7. The highest BCUT2D eigenvalue weighted by Crippen LogP contribution is 2.22. The molecule has 0 saturated carbocycles. The van der Waals surface area contributed by atoms with Gasteiger partial charge < -0.3 is 4.90 Å². The van der Waals surface area contributed by atoms with Crippen LogP contribution in [0.2, 0.25) is 0 Å². The summed E-state index contributed by atoms with van der Waals surface area (Å²) < 4.78 is 27.4. The molecular weight excluding hydrogens is 388 g/mol. The number of rotatable bonds is 6. The molecule has 0 bridgehead atoms. The molecule has 2 aliphatic rings. The van der Waals surface area contributed by atoms with Gasteiger partial charge in [0, 0.05) is 32.2 Å². The number of benzene rings is 1. The Hall–Kier alpha value is -1.48. The number of piperazine rings is 1. The van der Waals surface area contributed by atoms with Gasteiger partial charge in [0.25, 0.3) is 0 Å². The van der Waals surface area contributed by atoms with E-state index in [4.69, 9.17) is 0 Å². The Labute approximate surface area is 174 Å². The molecule has 3 rings (SSSR count). The van der Waals surface area contributed by atoms with Gasteiger partial charge in [0.1, 0.15) is 6.04 Å². The monoisotopic (exact) mass is 422 g/mol. The summed E-state index contributed by atoms with van der Waals surface area (Å²) in [6, 6.07) is 7.20. The molecule has 0 radical (unpaired) electrons. The molecule has 0 aromatic heterocycles. The van der Waals surface area contributed by atoms with Crippen molar-refractivity contribution in [3.63, 3.8) is 0 Å². The van der Waals surface area contributed by atoms with E-state index in [-0.39, 0.29) is 11.9 Å². The maximum Gasteiger partial charge on any atom is 0.243 e. The van der Waals surface area contributed by atoms with E-state index in [1.165, 1.54) is 4.31 Å². The van der Waals surface area contributed by atoms with Crippen LogP contribution in [0.1, 0.15) is 52.0 Å². The fraction of sp³-hybridized carbons (Fsp3) is 0.667. The molecule has 0 spiro atoms. The van der Waals surface area contributed by atoms with Crippen molar-refractivity contribution < 1.29 is 13.2 Å². The standard InChI is InChI=1S/C21H34N4O3S/c1-15(2)13-18-14-20(23-22-18)21(26)24-9-11-25(12-10-24)29(27,28)19-7-5-17(6-8-19)16(3)4/h5-8,15-16,18,20,22-23H,9-14H2,1-4H3. The van der Waals surface area contributed by atoms with Crippen LogP contribution in [0.5, 0.6) is 0 Å². The van der Waals surface area contributed by atoms with Crippen molar-refractivity contribution in [1.82, 2.24) is 20.1 Å². The molecule has 1 amide bonds. The number of carbonyl (C=O) groups excluding carboxylic acids is 1. The summed E-state index contributed by atoms with van der Waals surface area (Å²) in [6.45, 7) is 10.0. The van der Waals surface area contributed by atoms with Crippen LogP contribution in [0.3, 0.4) is 0 Å². The largest absolute Gasteiger partial charge is 0.339 e. The second-order valence-corrected chi connectivity index (χ2v) is 10.8. The number of hydrogen-bond donors (Lipinski definition) is 2. The van der Waals surface area contributed by atoms with Crippen LogP contribution in [0.15, 0.2) is 29.2 Å². The number of amides is 1. The van der Waals surface area contributed by atoms with E-state index < -0.39 is 10.0 Å². The van der Waals surface area contributed by atoms with E-state index >= 15 is 0 Å². The van der Waals surface area contributed by atoms with Crippen LogP contribution in [-0.4, -0.2) is 61.8 Å². The topological polar surface area (TPSA) is 81.8 Å². The van der Waals surface area contributed by atoms with Crippen LogP contribution in [0.4, 0.5) is 0 Å². The first-order valence-corrected chi connectivity index (χ1v) is 12.0. The zero-order valence-corrected chi connectivity index (χ0v) is 18.7. The lowest BCUT2D eigenvalue weighted by Gasteiger charge is -2.35. The number of carbonyl (C=O) groups is 1. The summed E-state index contributed by atoms with van der Waals surface area (Å²) in [7, 11) is -3.53. The van der Waals surface area contributed by atoms with Crippen LogP contribution >= 0.6 is 0 Å². The van der Waals surface area contributed by atoms with E-state index in [0.29, 0.717) is 49.0 Å². The minimum Gasteiger partial charge on any atom is -0.339 e. The first kappa shape index (κ1) is 22.2. The van der Waals surface area contributed by atoms with E-state index in [9.17, 15) is 13.2 Å². The third-order valence-corrected chi connectivity index (χ3v) is 7.68. The SMILES string of the molecule is CC(C)CC1CC(C(=O)N2CCN(S(=O)(=O)c3ccc(C(C)C)cc3)CC2)NN1. The Bertz CT molecular complexity index is 800. The Morgan fingerprint density at radius 2 is 1.66 bits per heavy atom. The fourth-order valence-electron chi connectivity index (χ4n) is 4.05. The minimum atomic E-state index is -3.53. The van der Waals surface area contributed by atoms with Gasteiger partial charge in [-0.25, -0.2) is 13.8 Å². The molecular formula is C21H34N4O3S. The summed E-state index contributed by atoms with van der Waals surface area (Å²) in [6.07, 6.45) is 1.80. The van der Waals surface area contributed by atoms with Gasteiger partial charge in [-0.3, -0.25) is 10.2 Å². The summed E-state index contributed by atoms with van der Waals surface area (Å²) in [5, 5.41) is 0. The molecule has 2 heterocycles. The normalized spacial score (nSPS) is 23.9. The maximum absolute atomic E-state index is 12.9. The number of hydrazine groups is 1. The van der Waals surface area contributed by atoms with Crippen molar-refractivity contribution in [1.29, 1.82) is 0 Å². The van der Waals surface area contributed by atoms with Crippen molar-refractivity contribution in [3.05, 3.63) is 29.8 Å². The number of sulfonamides is 1. The fourth-order valence-corrected chi connectivity index (χ4v) is 5.47. The summed E-state index contributed by atoms with van der Waals surface area (Å²) >= 11 is 0. The first-order valence-electron chi connectivity index (χ1n) is 10.6. The predicted molar refractivity (Wildman–Crippen MR) is 114 cm³/mol. The highest BCUT2D eigenvalue weighted by molar-refractivity contribution is 7.89. The molecule has 162 valence electrons. The summed E-state index contributed by atoms with van der Waals surface area (Å²) in [5.41, 5.74) is 7.46. The highest BCUT2D eigenvalue weighted by Gasteiger charge is 2.35. The molecule has 1 aromatic rings.